The summed E-state index contributed by atoms with van der Waals surface area (Å²) in [4.78, 5) is 4.31. The molecule has 0 spiro atoms. The molecule has 2 aromatic carbocycles. The lowest BCUT2D eigenvalue weighted by molar-refractivity contribution is 0.609. The van der Waals surface area contributed by atoms with Gasteiger partial charge in [-0.2, -0.15) is 0 Å². The molecule has 0 amide bonds. The van der Waals surface area contributed by atoms with Crippen LogP contribution in [0.15, 0.2) is 65.4 Å². The third kappa shape index (κ3) is 4.44. The van der Waals surface area contributed by atoms with Crippen molar-refractivity contribution in [1.82, 2.24) is 4.98 Å². The molecule has 4 nitrogen and oxygen atoms in total. The average molecular weight is 377 g/mol. The molecular formula is C17H13ClN2O2S2. The van der Waals surface area contributed by atoms with Crippen LogP contribution in [0.1, 0.15) is 5.56 Å². The predicted molar refractivity (Wildman–Crippen MR) is 101 cm³/mol. The van der Waals surface area contributed by atoms with Crippen molar-refractivity contribution in [3.8, 4) is 11.3 Å². The Morgan fingerprint density at radius 1 is 1.04 bits per heavy atom. The first-order chi connectivity index (χ1) is 11.5. The second-order valence-electron chi connectivity index (χ2n) is 4.91. The molecule has 0 aliphatic heterocycles. The Morgan fingerprint density at radius 2 is 1.75 bits per heavy atom. The lowest BCUT2D eigenvalue weighted by atomic mass is 10.2. The van der Waals surface area contributed by atoms with Crippen LogP contribution in [0.2, 0.25) is 5.02 Å². The van der Waals surface area contributed by atoms with Crippen LogP contribution in [0.25, 0.3) is 17.3 Å². The number of nitrogens with zero attached hydrogens (tertiary/aromatic N) is 1. The number of rotatable bonds is 5. The number of thiazole rings is 1. The fraction of sp³-hybridized carbons (Fsp3) is 0. The molecule has 0 saturated carbocycles. The van der Waals surface area contributed by atoms with Gasteiger partial charge in [-0.1, -0.05) is 54.1 Å². The van der Waals surface area contributed by atoms with Gasteiger partial charge >= 0.3 is 0 Å². The molecular weight excluding hydrogens is 364 g/mol. The van der Waals surface area contributed by atoms with Gasteiger partial charge in [-0.15, -0.1) is 11.3 Å². The van der Waals surface area contributed by atoms with Crippen LogP contribution < -0.4 is 4.72 Å². The first kappa shape index (κ1) is 16.7. The number of aromatic nitrogens is 1. The third-order valence-corrected chi connectivity index (χ3v) is 5.22. The van der Waals surface area contributed by atoms with Gasteiger partial charge in [0.2, 0.25) is 0 Å². The van der Waals surface area contributed by atoms with E-state index in [1.165, 1.54) is 17.4 Å². The average Bonchev–Trinajstić information content (AvgIpc) is 3.03. The van der Waals surface area contributed by atoms with Crippen LogP contribution in [0.5, 0.6) is 0 Å². The molecule has 0 saturated heterocycles. The number of hydrogen-bond acceptors (Lipinski definition) is 4. The Kier molecular flexibility index (Phi) is 4.99. The highest BCUT2D eigenvalue weighted by Crippen LogP contribution is 2.25. The number of nitrogens with one attached hydrogen (secondary N) is 1. The van der Waals surface area contributed by atoms with Crippen LogP contribution >= 0.6 is 22.9 Å². The van der Waals surface area contributed by atoms with E-state index in [2.05, 4.69) is 9.71 Å². The maximum atomic E-state index is 12.1. The Labute approximate surface area is 149 Å². The lowest BCUT2D eigenvalue weighted by Gasteiger charge is -2.00. The van der Waals surface area contributed by atoms with Crippen molar-refractivity contribution in [2.45, 2.75) is 0 Å². The number of hydrogen-bond donors (Lipinski definition) is 1. The van der Waals surface area contributed by atoms with Crippen molar-refractivity contribution < 1.29 is 8.42 Å². The van der Waals surface area contributed by atoms with Gasteiger partial charge in [-0.05, 0) is 23.8 Å². The minimum atomic E-state index is -3.63. The molecule has 1 aromatic heterocycles. The summed E-state index contributed by atoms with van der Waals surface area (Å²) in [6.07, 6.45) is 1.50. The zero-order valence-corrected chi connectivity index (χ0v) is 14.8. The molecule has 1 N–H and O–H groups in total. The van der Waals surface area contributed by atoms with E-state index in [0.29, 0.717) is 10.2 Å². The molecule has 0 atom stereocenters. The summed E-state index contributed by atoms with van der Waals surface area (Å²) in [6, 6.07) is 16.5. The summed E-state index contributed by atoms with van der Waals surface area (Å²) >= 11 is 7.04. The molecule has 0 radical (unpaired) electrons. The van der Waals surface area contributed by atoms with Gasteiger partial charge in [0, 0.05) is 16.0 Å². The number of sulfonamides is 1. The summed E-state index contributed by atoms with van der Waals surface area (Å²) < 4.78 is 26.7. The molecule has 0 aliphatic carbocycles. The molecule has 0 unspecified atom stereocenters. The summed E-state index contributed by atoms with van der Waals surface area (Å²) in [6.45, 7) is 0. The quantitative estimate of drug-likeness (QED) is 0.690. The van der Waals surface area contributed by atoms with Crippen molar-refractivity contribution in [3.05, 3.63) is 76.0 Å². The monoisotopic (exact) mass is 376 g/mol. The fourth-order valence-corrected chi connectivity index (χ4v) is 3.88. The molecule has 0 bridgehead atoms. The van der Waals surface area contributed by atoms with E-state index in [1.54, 1.807) is 24.3 Å². The summed E-state index contributed by atoms with van der Waals surface area (Å²) in [5.41, 5.74) is 2.42. The highest BCUT2D eigenvalue weighted by Gasteiger charge is 2.10. The lowest BCUT2D eigenvalue weighted by Crippen LogP contribution is -2.08. The molecule has 7 heteroatoms. The zero-order chi connectivity index (χ0) is 17.0. The fourth-order valence-electron chi connectivity index (χ4n) is 1.96. The number of benzene rings is 2. The molecule has 1 heterocycles. The van der Waals surface area contributed by atoms with Crippen molar-refractivity contribution >= 4 is 44.2 Å². The minimum absolute atomic E-state index is 0.328. The van der Waals surface area contributed by atoms with Gasteiger partial charge in [0.25, 0.3) is 10.0 Å². The first-order valence-electron chi connectivity index (χ1n) is 6.99. The van der Waals surface area contributed by atoms with E-state index in [4.69, 9.17) is 11.6 Å². The Hall–Kier alpha value is -2.15. The summed E-state index contributed by atoms with van der Waals surface area (Å²) in [5.74, 6) is 0. The zero-order valence-electron chi connectivity index (χ0n) is 12.4. The molecule has 24 heavy (non-hydrogen) atoms. The second kappa shape index (κ2) is 7.17. The van der Waals surface area contributed by atoms with E-state index in [-0.39, 0.29) is 0 Å². The van der Waals surface area contributed by atoms with E-state index < -0.39 is 10.0 Å². The van der Waals surface area contributed by atoms with E-state index >= 15 is 0 Å². The van der Waals surface area contributed by atoms with Gasteiger partial charge in [0.05, 0.1) is 11.1 Å². The molecule has 122 valence electrons. The van der Waals surface area contributed by atoms with Gasteiger partial charge < -0.3 is 0 Å². The predicted octanol–water partition coefficient (Wildman–Crippen LogP) is 4.88. The molecule has 0 fully saturated rings. The highest BCUT2D eigenvalue weighted by molar-refractivity contribution is 7.95. The van der Waals surface area contributed by atoms with Crippen LogP contribution in [0.4, 0.5) is 5.13 Å². The van der Waals surface area contributed by atoms with Gasteiger partial charge in [0.15, 0.2) is 5.13 Å². The number of anilines is 1. The van der Waals surface area contributed by atoms with E-state index in [0.717, 1.165) is 22.2 Å². The van der Waals surface area contributed by atoms with Gasteiger partial charge in [-0.25, -0.2) is 13.4 Å². The number of halogens is 1. The first-order valence-corrected chi connectivity index (χ1v) is 9.80. The van der Waals surface area contributed by atoms with Crippen LogP contribution in [0, 0.1) is 0 Å². The Bertz CT molecular complexity index is 950. The standard InChI is InChI=1S/C17H13ClN2O2S2/c18-15-8-6-13(7-9-15)10-11-24(21,22)20-17-19-16(12-23-17)14-4-2-1-3-5-14/h1-12H,(H,19,20)/b11-10+. The second-order valence-corrected chi connectivity index (χ2v) is 7.77. The third-order valence-electron chi connectivity index (χ3n) is 3.11. The SMILES string of the molecule is O=S(=O)(/C=C/c1ccc(Cl)cc1)Nc1nc(-c2ccccc2)cs1. The van der Waals surface area contributed by atoms with Crippen LogP contribution in [0.3, 0.4) is 0 Å². The molecule has 3 aromatic rings. The van der Waals surface area contributed by atoms with Crippen molar-refractivity contribution in [1.29, 1.82) is 0 Å². The maximum Gasteiger partial charge on any atom is 0.256 e. The highest BCUT2D eigenvalue weighted by atomic mass is 35.5. The molecule has 0 aliphatic rings. The minimum Gasteiger partial charge on any atom is -0.255 e. The molecule has 3 rings (SSSR count). The maximum absolute atomic E-state index is 12.1. The smallest absolute Gasteiger partial charge is 0.255 e. The Morgan fingerprint density at radius 3 is 2.46 bits per heavy atom. The van der Waals surface area contributed by atoms with E-state index in [1.807, 2.05) is 35.7 Å². The van der Waals surface area contributed by atoms with Crippen LogP contribution in [-0.4, -0.2) is 13.4 Å². The normalized spacial score (nSPS) is 11.7. The van der Waals surface area contributed by atoms with Crippen molar-refractivity contribution in [2.24, 2.45) is 0 Å². The van der Waals surface area contributed by atoms with Crippen molar-refractivity contribution in [3.63, 3.8) is 0 Å². The van der Waals surface area contributed by atoms with E-state index in [9.17, 15) is 8.42 Å². The van der Waals surface area contributed by atoms with Crippen molar-refractivity contribution in [2.75, 3.05) is 4.72 Å². The van der Waals surface area contributed by atoms with Gasteiger partial charge in [-0.3, -0.25) is 4.72 Å². The van der Waals surface area contributed by atoms with Crippen LogP contribution in [-0.2, 0) is 10.0 Å². The summed E-state index contributed by atoms with van der Waals surface area (Å²) in [5, 5.41) is 3.86. The topological polar surface area (TPSA) is 59.1 Å². The largest absolute Gasteiger partial charge is 0.256 e. The Balaban J connectivity index is 1.73. The van der Waals surface area contributed by atoms with Gasteiger partial charge in [0.1, 0.15) is 0 Å². The summed E-state index contributed by atoms with van der Waals surface area (Å²) in [7, 11) is -3.63.